The summed E-state index contributed by atoms with van der Waals surface area (Å²) in [4.78, 5) is 6.57. The zero-order valence-corrected chi connectivity index (χ0v) is 15.7. The van der Waals surface area contributed by atoms with Gasteiger partial charge in [-0.1, -0.05) is 18.2 Å². The lowest BCUT2D eigenvalue weighted by Crippen LogP contribution is -2.47. The molecule has 0 aliphatic carbocycles. The monoisotopic (exact) mass is 376 g/mol. The molecule has 2 heterocycles. The smallest absolute Gasteiger partial charge is 0.244 e. The quantitative estimate of drug-likeness (QED) is 0.739. The van der Waals surface area contributed by atoms with Crippen molar-refractivity contribution in [2.24, 2.45) is 0 Å². The number of anilines is 1. The van der Waals surface area contributed by atoms with Crippen molar-refractivity contribution in [3.8, 4) is 5.75 Å². The highest BCUT2D eigenvalue weighted by molar-refractivity contribution is 7.89. The molecule has 8 heteroatoms. The molecule has 7 nitrogen and oxygen atoms in total. The fourth-order valence-electron chi connectivity index (χ4n) is 2.68. The second-order valence-electron chi connectivity index (χ2n) is 6.17. The summed E-state index contributed by atoms with van der Waals surface area (Å²) < 4.78 is 32.4. The molecule has 1 fully saturated rings. The van der Waals surface area contributed by atoms with Crippen molar-refractivity contribution in [2.45, 2.75) is 4.90 Å². The van der Waals surface area contributed by atoms with Crippen LogP contribution in [0.2, 0.25) is 0 Å². The minimum absolute atomic E-state index is 0.230. The average Bonchev–Trinajstić information content (AvgIpc) is 2.67. The van der Waals surface area contributed by atoms with E-state index in [0.29, 0.717) is 32.1 Å². The van der Waals surface area contributed by atoms with Crippen LogP contribution in [-0.4, -0.2) is 69.0 Å². The summed E-state index contributed by atoms with van der Waals surface area (Å²) in [6, 6.07) is 12.9. The summed E-state index contributed by atoms with van der Waals surface area (Å²) in [5, 5.41) is 3.13. The SMILES string of the molecule is CN1CCN(S(=O)(=O)c2ccc(NCCOc3ccccc3)nc2)CC1. The summed E-state index contributed by atoms with van der Waals surface area (Å²) in [6.45, 7) is 3.58. The van der Waals surface area contributed by atoms with Gasteiger partial charge in [-0.05, 0) is 31.3 Å². The summed E-state index contributed by atoms with van der Waals surface area (Å²) in [7, 11) is -1.48. The molecule has 26 heavy (non-hydrogen) atoms. The second kappa shape index (κ2) is 8.48. The lowest BCUT2D eigenvalue weighted by molar-refractivity contribution is 0.222. The average molecular weight is 376 g/mol. The number of hydrogen-bond donors (Lipinski definition) is 1. The van der Waals surface area contributed by atoms with Crippen LogP contribution in [0.3, 0.4) is 0 Å². The number of piperazine rings is 1. The van der Waals surface area contributed by atoms with E-state index in [2.05, 4.69) is 15.2 Å². The number of hydrogen-bond acceptors (Lipinski definition) is 6. The van der Waals surface area contributed by atoms with E-state index in [9.17, 15) is 8.42 Å². The van der Waals surface area contributed by atoms with Gasteiger partial charge in [-0.15, -0.1) is 0 Å². The maximum absolute atomic E-state index is 12.6. The molecule has 0 atom stereocenters. The molecule has 3 rings (SSSR count). The first-order chi connectivity index (χ1) is 12.6. The molecule has 140 valence electrons. The molecule has 1 N–H and O–H groups in total. The Labute approximate surface area is 154 Å². The maximum Gasteiger partial charge on any atom is 0.244 e. The van der Waals surface area contributed by atoms with Crippen LogP contribution in [0.1, 0.15) is 0 Å². The molecular formula is C18H24N4O3S. The van der Waals surface area contributed by atoms with E-state index >= 15 is 0 Å². The fourth-order valence-corrected chi connectivity index (χ4v) is 4.05. The van der Waals surface area contributed by atoms with Crippen molar-refractivity contribution >= 4 is 15.8 Å². The Hall–Kier alpha value is -2.16. The number of nitrogens with one attached hydrogen (secondary N) is 1. The first-order valence-electron chi connectivity index (χ1n) is 8.62. The van der Waals surface area contributed by atoms with Crippen molar-refractivity contribution < 1.29 is 13.2 Å². The van der Waals surface area contributed by atoms with Gasteiger partial charge in [0, 0.05) is 32.4 Å². The van der Waals surface area contributed by atoms with E-state index < -0.39 is 10.0 Å². The number of ether oxygens (including phenoxy) is 1. The molecule has 1 aliphatic heterocycles. The van der Waals surface area contributed by atoms with Gasteiger partial charge in [0.05, 0.1) is 6.54 Å². The number of nitrogens with zero attached hydrogens (tertiary/aromatic N) is 3. The highest BCUT2D eigenvalue weighted by Gasteiger charge is 2.27. The molecule has 0 spiro atoms. The van der Waals surface area contributed by atoms with Gasteiger partial charge in [-0.3, -0.25) is 0 Å². The molecule has 0 bridgehead atoms. The van der Waals surface area contributed by atoms with Gasteiger partial charge in [0.2, 0.25) is 10.0 Å². The van der Waals surface area contributed by atoms with E-state index in [1.807, 2.05) is 37.4 Å². The number of pyridine rings is 1. The number of aromatic nitrogens is 1. The van der Waals surface area contributed by atoms with Gasteiger partial charge < -0.3 is 15.0 Å². The van der Waals surface area contributed by atoms with Crippen LogP contribution in [0.15, 0.2) is 53.6 Å². The van der Waals surface area contributed by atoms with Crippen molar-refractivity contribution in [3.63, 3.8) is 0 Å². The summed E-state index contributed by atoms with van der Waals surface area (Å²) in [6.07, 6.45) is 1.41. The van der Waals surface area contributed by atoms with Crippen LogP contribution < -0.4 is 10.1 Å². The van der Waals surface area contributed by atoms with Gasteiger partial charge in [0.25, 0.3) is 0 Å². The van der Waals surface area contributed by atoms with Gasteiger partial charge in [-0.25, -0.2) is 13.4 Å². The van der Waals surface area contributed by atoms with E-state index in [4.69, 9.17) is 4.74 Å². The zero-order chi connectivity index (χ0) is 18.4. The Kier molecular flexibility index (Phi) is 6.08. The number of rotatable bonds is 7. The highest BCUT2D eigenvalue weighted by atomic mass is 32.2. The Morgan fingerprint density at radius 3 is 2.46 bits per heavy atom. The summed E-state index contributed by atoms with van der Waals surface area (Å²) >= 11 is 0. The molecule has 0 amide bonds. The first-order valence-corrected chi connectivity index (χ1v) is 10.1. The third-order valence-corrected chi connectivity index (χ3v) is 6.14. The predicted octanol–water partition coefficient (Wildman–Crippen LogP) is 1.51. The van der Waals surface area contributed by atoms with Gasteiger partial charge in [0.1, 0.15) is 23.1 Å². The Morgan fingerprint density at radius 2 is 1.81 bits per heavy atom. The zero-order valence-electron chi connectivity index (χ0n) is 14.8. The third kappa shape index (κ3) is 4.72. The third-order valence-electron chi connectivity index (χ3n) is 4.26. The molecule has 0 saturated carbocycles. The van der Waals surface area contributed by atoms with Crippen LogP contribution in [0.5, 0.6) is 5.75 Å². The van der Waals surface area contributed by atoms with E-state index in [-0.39, 0.29) is 4.90 Å². The topological polar surface area (TPSA) is 74.8 Å². The molecule has 1 aromatic carbocycles. The molecule has 1 aromatic heterocycles. The standard InChI is InChI=1S/C18H24N4O3S/c1-21-10-12-22(13-11-21)26(23,24)17-7-8-18(20-15-17)19-9-14-25-16-5-3-2-4-6-16/h2-8,15H,9-14H2,1H3,(H,19,20). The largest absolute Gasteiger partial charge is 0.492 e. The second-order valence-corrected chi connectivity index (χ2v) is 8.11. The van der Waals surface area contributed by atoms with Gasteiger partial charge >= 0.3 is 0 Å². The molecule has 1 saturated heterocycles. The number of likely N-dealkylation sites (N-methyl/N-ethyl adjacent to an activating group) is 1. The Bertz CT molecular complexity index is 789. The molecule has 0 unspecified atom stereocenters. The predicted molar refractivity (Wildman–Crippen MR) is 101 cm³/mol. The normalized spacial score (nSPS) is 16.3. The van der Waals surface area contributed by atoms with Gasteiger partial charge in [0.15, 0.2) is 0 Å². The number of para-hydroxylation sites is 1. The Balaban J connectivity index is 1.51. The van der Waals surface area contributed by atoms with Gasteiger partial charge in [-0.2, -0.15) is 4.31 Å². The van der Waals surface area contributed by atoms with Crippen LogP contribution >= 0.6 is 0 Å². The molecular weight excluding hydrogens is 352 g/mol. The van der Waals surface area contributed by atoms with Crippen molar-refractivity contribution in [2.75, 3.05) is 51.7 Å². The Morgan fingerprint density at radius 1 is 1.08 bits per heavy atom. The van der Waals surface area contributed by atoms with Crippen LogP contribution in [-0.2, 0) is 10.0 Å². The van der Waals surface area contributed by atoms with E-state index in [1.165, 1.54) is 10.5 Å². The van der Waals surface area contributed by atoms with Crippen molar-refractivity contribution in [1.82, 2.24) is 14.2 Å². The lowest BCUT2D eigenvalue weighted by atomic mass is 10.3. The summed E-state index contributed by atoms with van der Waals surface area (Å²) in [5.74, 6) is 1.44. The molecule has 1 aliphatic rings. The van der Waals surface area contributed by atoms with Crippen LogP contribution in [0, 0.1) is 0 Å². The maximum atomic E-state index is 12.6. The minimum Gasteiger partial charge on any atom is -0.492 e. The number of benzene rings is 1. The highest BCUT2D eigenvalue weighted by Crippen LogP contribution is 2.18. The van der Waals surface area contributed by atoms with Crippen LogP contribution in [0.25, 0.3) is 0 Å². The van der Waals surface area contributed by atoms with Crippen LogP contribution in [0.4, 0.5) is 5.82 Å². The van der Waals surface area contributed by atoms with E-state index in [0.717, 1.165) is 18.8 Å². The fraction of sp³-hybridized carbons (Fsp3) is 0.389. The minimum atomic E-state index is -3.47. The lowest BCUT2D eigenvalue weighted by Gasteiger charge is -2.31. The van der Waals surface area contributed by atoms with Crippen molar-refractivity contribution in [1.29, 1.82) is 0 Å². The summed E-state index contributed by atoms with van der Waals surface area (Å²) in [5.41, 5.74) is 0. The first kappa shape index (κ1) is 18.6. The molecule has 0 radical (unpaired) electrons. The number of sulfonamides is 1. The van der Waals surface area contributed by atoms with Crippen molar-refractivity contribution in [3.05, 3.63) is 48.7 Å². The molecule has 2 aromatic rings. The van der Waals surface area contributed by atoms with E-state index in [1.54, 1.807) is 12.1 Å².